The Hall–Kier alpha value is -1.72. The molecule has 25 heavy (non-hydrogen) atoms. The molecule has 0 spiro atoms. The molecular weight excluding hydrogens is 406 g/mol. The molecule has 0 aromatic heterocycles. The van der Waals surface area contributed by atoms with Crippen molar-refractivity contribution in [3.63, 3.8) is 0 Å². The number of anilines is 2. The maximum Gasteiger partial charge on any atom is 0.283 e. The number of hydrogen-bond donors (Lipinski definition) is 1. The predicted octanol–water partition coefficient (Wildman–Crippen LogP) is 5.39. The highest BCUT2D eigenvalue weighted by Gasteiger charge is 2.40. The van der Waals surface area contributed by atoms with Gasteiger partial charge in [-0.15, -0.1) is 0 Å². The number of imide groups is 1. The Morgan fingerprint density at radius 3 is 2.20 bits per heavy atom. The Bertz CT molecular complexity index is 940. The standard InChI is InChI=1S/C17H10Cl4N2O2/c1-8-2-3-10(19)7-12(8)22-15-14(21)16(24)23(17(15)25)13-5-4-9(18)6-11(13)20/h2-7,22H,1H3. The van der Waals surface area contributed by atoms with E-state index < -0.39 is 11.8 Å². The lowest BCUT2D eigenvalue weighted by Crippen LogP contribution is -2.32. The number of aryl methyl sites for hydroxylation is 1. The Morgan fingerprint density at radius 2 is 1.52 bits per heavy atom. The van der Waals surface area contributed by atoms with E-state index in [9.17, 15) is 9.59 Å². The maximum atomic E-state index is 12.7. The predicted molar refractivity (Wildman–Crippen MR) is 102 cm³/mol. The summed E-state index contributed by atoms with van der Waals surface area (Å²) in [7, 11) is 0. The van der Waals surface area contributed by atoms with Crippen LogP contribution in [0.25, 0.3) is 0 Å². The lowest BCUT2D eigenvalue weighted by molar-refractivity contribution is -0.120. The van der Waals surface area contributed by atoms with Crippen LogP contribution in [0.1, 0.15) is 5.56 Å². The molecule has 1 aliphatic rings. The highest BCUT2D eigenvalue weighted by Crippen LogP contribution is 2.36. The van der Waals surface area contributed by atoms with Crippen molar-refractivity contribution in [3.8, 4) is 0 Å². The molecule has 2 aromatic rings. The first-order valence-electron chi connectivity index (χ1n) is 7.06. The van der Waals surface area contributed by atoms with Gasteiger partial charge in [0.25, 0.3) is 11.8 Å². The van der Waals surface area contributed by atoms with E-state index >= 15 is 0 Å². The average Bonchev–Trinajstić information content (AvgIpc) is 2.75. The van der Waals surface area contributed by atoms with E-state index in [1.54, 1.807) is 18.2 Å². The number of carbonyl (C=O) groups excluding carboxylic acids is 2. The lowest BCUT2D eigenvalue weighted by atomic mass is 10.2. The van der Waals surface area contributed by atoms with E-state index in [2.05, 4.69) is 5.32 Å². The number of halogens is 4. The molecule has 2 aromatic carbocycles. The molecule has 0 aliphatic carbocycles. The van der Waals surface area contributed by atoms with Crippen molar-refractivity contribution in [1.29, 1.82) is 0 Å². The summed E-state index contributed by atoms with van der Waals surface area (Å²) in [4.78, 5) is 26.1. The first-order valence-corrected chi connectivity index (χ1v) is 8.57. The van der Waals surface area contributed by atoms with Gasteiger partial charge in [-0.3, -0.25) is 9.59 Å². The van der Waals surface area contributed by atoms with Gasteiger partial charge in [0, 0.05) is 15.7 Å². The minimum atomic E-state index is -0.668. The molecular formula is C17H10Cl4N2O2. The van der Waals surface area contributed by atoms with E-state index in [1.165, 1.54) is 18.2 Å². The fraction of sp³-hybridized carbons (Fsp3) is 0.0588. The summed E-state index contributed by atoms with van der Waals surface area (Å²) in [5.74, 6) is -1.28. The van der Waals surface area contributed by atoms with Crippen molar-refractivity contribution in [2.75, 3.05) is 10.2 Å². The molecule has 0 atom stereocenters. The highest BCUT2D eigenvalue weighted by atomic mass is 35.5. The van der Waals surface area contributed by atoms with Gasteiger partial charge in [0.05, 0.1) is 10.7 Å². The fourth-order valence-electron chi connectivity index (χ4n) is 2.36. The summed E-state index contributed by atoms with van der Waals surface area (Å²) in [5.41, 5.74) is 1.58. The fourth-order valence-corrected chi connectivity index (χ4v) is 3.23. The Balaban J connectivity index is 1.98. The maximum absolute atomic E-state index is 12.7. The minimum Gasteiger partial charge on any atom is -0.349 e. The number of benzene rings is 2. The number of hydrogen-bond acceptors (Lipinski definition) is 3. The van der Waals surface area contributed by atoms with Crippen molar-refractivity contribution in [2.45, 2.75) is 6.92 Å². The van der Waals surface area contributed by atoms with Crippen LogP contribution >= 0.6 is 46.4 Å². The van der Waals surface area contributed by atoms with Crippen LogP contribution in [0.5, 0.6) is 0 Å². The minimum absolute atomic E-state index is 0.0388. The van der Waals surface area contributed by atoms with Gasteiger partial charge in [-0.2, -0.15) is 0 Å². The molecule has 0 saturated carbocycles. The molecule has 128 valence electrons. The Kier molecular flexibility index (Phi) is 4.98. The van der Waals surface area contributed by atoms with Crippen LogP contribution in [0.2, 0.25) is 15.1 Å². The molecule has 0 radical (unpaired) electrons. The Morgan fingerprint density at radius 1 is 0.880 bits per heavy atom. The van der Waals surface area contributed by atoms with Crippen molar-refractivity contribution in [3.05, 3.63) is 67.8 Å². The highest BCUT2D eigenvalue weighted by molar-refractivity contribution is 6.54. The van der Waals surface area contributed by atoms with Crippen LogP contribution < -0.4 is 10.2 Å². The summed E-state index contributed by atoms with van der Waals surface area (Å²) in [6.07, 6.45) is 0. The topological polar surface area (TPSA) is 49.4 Å². The average molecular weight is 416 g/mol. The third-order valence-corrected chi connectivity index (χ3v) is 4.76. The second-order valence-electron chi connectivity index (χ2n) is 5.31. The summed E-state index contributed by atoms with van der Waals surface area (Å²) in [6, 6.07) is 9.61. The molecule has 3 rings (SSSR count). The molecule has 0 fully saturated rings. The first kappa shape index (κ1) is 18.1. The van der Waals surface area contributed by atoms with Gasteiger partial charge in [0.2, 0.25) is 0 Å². The smallest absolute Gasteiger partial charge is 0.283 e. The van der Waals surface area contributed by atoms with E-state index in [4.69, 9.17) is 46.4 Å². The zero-order valence-corrected chi connectivity index (χ0v) is 15.8. The van der Waals surface area contributed by atoms with Gasteiger partial charge in [0.1, 0.15) is 10.7 Å². The number of nitrogens with zero attached hydrogens (tertiary/aromatic N) is 1. The normalized spacial score (nSPS) is 14.5. The van der Waals surface area contributed by atoms with Gasteiger partial charge in [-0.1, -0.05) is 52.5 Å². The number of amides is 2. The quantitative estimate of drug-likeness (QED) is 0.683. The molecule has 0 saturated heterocycles. The van der Waals surface area contributed by atoms with Crippen LogP contribution in [0.4, 0.5) is 11.4 Å². The van der Waals surface area contributed by atoms with Gasteiger partial charge in [-0.05, 0) is 42.8 Å². The van der Waals surface area contributed by atoms with Gasteiger partial charge in [-0.25, -0.2) is 4.90 Å². The summed E-state index contributed by atoms with van der Waals surface area (Å²) in [6.45, 7) is 1.84. The lowest BCUT2D eigenvalue weighted by Gasteiger charge is -2.17. The Labute approximate surface area is 163 Å². The third-order valence-electron chi connectivity index (χ3n) is 3.64. The summed E-state index contributed by atoms with van der Waals surface area (Å²) < 4.78 is 0. The van der Waals surface area contributed by atoms with Crippen LogP contribution in [-0.4, -0.2) is 11.8 Å². The first-order chi connectivity index (χ1) is 11.8. The van der Waals surface area contributed by atoms with Crippen molar-refractivity contribution < 1.29 is 9.59 Å². The monoisotopic (exact) mass is 414 g/mol. The number of rotatable bonds is 3. The van der Waals surface area contributed by atoms with Crippen molar-refractivity contribution in [2.24, 2.45) is 0 Å². The van der Waals surface area contributed by atoms with Gasteiger partial charge >= 0.3 is 0 Å². The summed E-state index contributed by atoms with van der Waals surface area (Å²) >= 11 is 24.1. The van der Waals surface area contributed by atoms with Gasteiger partial charge in [0.15, 0.2) is 0 Å². The molecule has 1 N–H and O–H groups in total. The zero-order valence-electron chi connectivity index (χ0n) is 12.7. The van der Waals surface area contributed by atoms with Gasteiger partial charge < -0.3 is 5.32 Å². The third kappa shape index (κ3) is 3.35. The van der Waals surface area contributed by atoms with Crippen LogP contribution in [0, 0.1) is 6.92 Å². The number of carbonyl (C=O) groups is 2. The molecule has 0 bridgehead atoms. The molecule has 2 amide bonds. The van der Waals surface area contributed by atoms with Crippen LogP contribution in [-0.2, 0) is 9.59 Å². The second-order valence-corrected chi connectivity index (χ2v) is 6.97. The molecule has 1 heterocycles. The van der Waals surface area contributed by atoms with E-state index in [1.807, 2.05) is 6.92 Å². The summed E-state index contributed by atoms with van der Waals surface area (Å²) in [5, 5.41) is 3.71. The second kappa shape index (κ2) is 6.89. The SMILES string of the molecule is Cc1ccc(Cl)cc1NC1=C(Cl)C(=O)N(c2ccc(Cl)cc2Cl)C1=O. The van der Waals surface area contributed by atoms with E-state index in [-0.39, 0.29) is 21.4 Å². The molecule has 4 nitrogen and oxygen atoms in total. The molecule has 0 unspecified atom stereocenters. The molecule has 1 aliphatic heterocycles. The van der Waals surface area contributed by atoms with Crippen molar-refractivity contribution in [1.82, 2.24) is 0 Å². The van der Waals surface area contributed by atoms with E-state index in [0.29, 0.717) is 15.7 Å². The van der Waals surface area contributed by atoms with Crippen LogP contribution in [0.3, 0.4) is 0 Å². The zero-order chi connectivity index (χ0) is 18.3. The largest absolute Gasteiger partial charge is 0.349 e. The van der Waals surface area contributed by atoms with Crippen molar-refractivity contribution >= 4 is 69.6 Å². The molecule has 8 heteroatoms. The van der Waals surface area contributed by atoms with Crippen LogP contribution in [0.15, 0.2) is 47.1 Å². The number of nitrogens with one attached hydrogen (secondary N) is 1. The van der Waals surface area contributed by atoms with E-state index in [0.717, 1.165) is 10.5 Å².